The predicted octanol–water partition coefficient (Wildman–Crippen LogP) is 5.99. The number of hydrogen-bond acceptors (Lipinski definition) is 7. The van der Waals surface area contributed by atoms with E-state index in [0.29, 0.717) is 11.3 Å². The number of aromatic nitrogens is 1. The lowest BCUT2D eigenvalue weighted by molar-refractivity contribution is -0.274. The molecule has 0 radical (unpaired) electrons. The fourth-order valence-corrected chi connectivity index (χ4v) is 3.77. The molecule has 3 aromatic rings. The maximum absolute atomic E-state index is 13.1. The van der Waals surface area contributed by atoms with Crippen molar-refractivity contribution in [1.29, 1.82) is 0 Å². The van der Waals surface area contributed by atoms with Crippen molar-refractivity contribution < 1.29 is 46.9 Å². The quantitative estimate of drug-likeness (QED) is 0.338. The SMILES string of the molecule is CC1(C)OC[C@H](COc2cc(=NC(=O)c3cc(Cl)c(Cl)cc3Oc3ccc(OC(F)(F)F)cc3)ccn2O)O1. The van der Waals surface area contributed by atoms with Gasteiger partial charge in [-0.2, -0.15) is 4.73 Å². The van der Waals surface area contributed by atoms with Gasteiger partial charge in [-0.25, -0.2) is 4.99 Å². The lowest BCUT2D eigenvalue weighted by Gasteiger charge is -2.17. The van der Waals surface area contributed by atoms with Crippen LogP contribution in [0.2, 0.25) is 10.0 Å². The van der Waals surface area contributed by atoms with Gasteiger partial charge in [-0.15, -0.1) is 13.2 Å². The number of carbonyl (C=O) groups excluding carboxylic acids is 1. The molecule has 0 unspecified atom stereocenters. The van der Waals surface area contributed by atoms with Crippen LogP contribution in [0.4, 0.5) is 13.2 Å². The topological polar surface area (TPSA) is 101 Å². The second-order valence-corrected chi connectivity index (χ2v) is 9.44. The summed E-state index contributed by atoms with van der Waals surface area (Å²) in [5, 5.41) is 10.3. The first-order valence-corrected chi connectivity index (χ1v) is 12.0. The maximum atomic E-state index is 13.1. The van der Waals surface area contributed by atoms with Gasteiger partial charge < -0.3 is 28.9 Å². The van der Waals surface area contributed by atoms with Crippen molar-refractivity contribution in [2.24, 2.45) is 4.99 Å². The number of amides is 1. The van der Waals surface area contributed by atoms with Gasteiger partial charge in [0, 0.05) is 18.3 Å². The normalized spacial score (nSPS) is 17.2. The number of pyridine rings is 1. The van der Waals surface area contributed by atoms with E-state index in [0.717, 1.165) is 12.1 Å². The highest BCUT2D eigenvalue weighted by Crippen LogP contribution is 2.35. The highest BCUT2D eigenvalue weighted by atomic mass is 35.5. The van der Waals surface area contributed by atoms with Crippen LogP contribution >= 0.6 is 23.2 Å². The lowest BCUT2D eigenvalue weighted by atomic mass is 10.2. The zero-order valence-electron chi connectivity index (χ0n) is 20.4. The minimum atomic E-state index is -4.85. The van der Waals surface area contributed by atoms with E-state index in [4.69, 9.17) is 42.1 Å². The Balaban J connectivity index is 1.55. The van der Waals surface area contributed by atoms with Crippen molar-refractivity contribution in [3.63, 3.8) is 0 Å². The van der Waals surface area contributed by atoms with Crippen molar-refractivity contribution in [2.75, 3.05) is 13.2 Å². The van der Waals surface area contributed by atoms with Crippen molar-refractivity contribution >= 4 is 29.1 Å². The second kappa shape index (κ2) is 11.3. The largest absolute Gasteiger partial charge is 0.573 e. The van der Waals surface area contributed by atoms with E-state index in [1.807, 2.05) is 0 Å². The van der Waals surface area contributed by atoms with Crippen molar-refractivity contribution in [1.82, 2.24) is 4.73 Å². The standard InChI is InChI=1S/C25H21Cl2F3N2O7/c1-24(2)36-13-17(38-24)12-35-22-9-14(7-8-32(22)34)31-23(33)18-10-19(26)20(27)11-21(18)37-15-3-5-16(6-4-15)39-25(28,29)30/h3-11,17,34H,12-13H2,1-2H3/t17-/m0/s1. The molecule has 1 aliphatic rings. The van der Waals surface area contributed by atoms with Gasteiger partial charge in [0.05, 0.1) is 27.6 Å². The maximum Gasteiger partial charge on any atom is 0.573 e. The van der Waals surface area contributed by atoms with Gasteiger partial charge in [0.15, 0.2) is 5.79 Å². The van der Waals surface area contributed by atoms with E-state index >= 15 is 0 Å². The Morgan fingerprint density at radius 1 is 1.13 bits per heavy atom. The molecule has 0 bridgehead atoms. The van der Waals surface area contributed by atoms with Gasteiger partial charge in [-0.1, -0.05) is 23.2 Å². The lowest BCUT2D eigenvalue weighted by Crippen LogP contribution is -2.26. The Labute approximate surface area is 229 Å². The van der Waals surface area contributed by atoms with Crippen LogP contribution in [0, 0.1) is 0 Å². The Morgan fingerprint density at radius 3 is 2.44 bits per heavy atom. The molecule has 1 N–H and O–H groups in total. The van der Waals surface area contributed by atoms with Crippen LogP contribution in [0.25, 0.3) is 0 Å². The summed E-state index contributed by atoms with van der Waals surface area (Å²) in [6, 6.07) is 9.75. The van der Waals surface area contributed by atoms with Crippen LogP contribution in [-0.4, -0.2) is 47.3 Å². The van der Waals surface area contributed by atoms with E-state index in [9.17, 15) is 23.2 Å². The fourth-order valence-electron chi connectivity index (χ4n) is 3.46. The highest BCUT2D eigenvalue weighted by Gasteiger charge is 2.33. The van der Waals surface area contributed by atoms with Gasteiger partial charge in [-0.3, -0.25) is 4.79 Å². The molecule has 1 aliphatic heterocycles. The van der Waals surface area contributed by atoms with Crippen molar-refractivity contribution in [3.8, 4) is 23.1 Å². The van der Waals surface area contributed by atoms with Crippen LogP contribution < -0.4 is 19.6 Å². The number of carbonyl (C=O) groups is 1. The minimum absolute atomic E-state index is 0.0101. The average molecular weight is 589 g/mol. The molecule has 0 aliphatic carbocycles. The van der Waals surface area contributed by atoms with Crippen LogP contribution in [0.1, 0.15) is 24.2 Å². The number of halogens is 5. The van der Waals surface area contributed by atoms with Gasteiger partial charge in [-0.05, 0) is 50.2 Å². The predicted molar refractivity (Wildman–Crippen MR) is 132 cm³/mol. The summed E-state index contributed by atoms with van der Waals surface area (Å²) in [7, 11) is 0. The Kier molecular flexibility index (Phi) is 8.31. The zero-order chi connectivity index (χ0) is 28.4. The Bertz CT molecular complexity index is 1430. The Hall–Kier alpha value is -3.45. The number of rotatable bonds is 7. The third-order valence-electron chi connectivity index (χ3n) is 5.14. The van der Waals surface area contributed by atoms with Crippen LogP contribution in [0.15, 0.2) is 59.7 Å². The van der Waals surface area contributed by atoms with E-state index in [-0.39, 0.29) is 51.1 Å². The van der Waals surface area contributed by atoms with Gasteiger partial charge in [0.2, 0.25) is 5.88 Å². The number of nitrogens with zero attached hydrogens (tertiary/aromatic N) is 2. The molecule has 1 fully saturated rings. The first-order valence-electron chi connectivity index (χ1n) is 11.3. The zero-order valence-corrected chi connectivity index (χ0v) is 21.9. The summed E-state index contributed by atoms with van der Waals surface area (Å²) in [6.45, 7) is 3.91. The first-order chi connectivity index (χ1) is 18.3. The Morgan fingerprint density at radius 2 is 1.79 bits per heavy atom. The molecule has 208 valence electrons. The molecule has 1 saturated heterocycles. The molecule has 1 aromatic heterocycles. The summed E-state index contributed by atoms with van der Waals surface area (Å²) in [5.74, 6) is -1.94. The van der Waals surface area contributed by atoms with Gasteiger partial charge >= 0.3 is 6.36 Å². The van der Waals surface area contributed by atoms with Crippen LogP contribution in [0.3, 0.4) is 0 Å². The van der Waals surface area contributed by atoms with E-state index < -0.39 is 23.8 Å². The summed E-state index contributed by atoms with van der Waals surface area (Å²) in [6.07, 6.45) is -3.98. The minimum Gasteiger partial charge on any atom is -0.474 e. The highest BCUT2D eigenvalue weighted by molar-refractivity contribution is 6.42. The molecule has 2 heterocycles. The summed E-state index contributed by atoms with van der Waals surface area (Å²) >= 11 is 12.2. The molecule has 9 nitrogen and oxygen atoms in total. The molecule has 1 atom stereocenters. The van der Waals surface area contributed by atoms with Gasteiger partial charge in [0.25, 0.3) is 5.91 Å². The smallest absolute Gasteiger partial charge is 0.474 e. The molecule has 1 amide bonds. The molecule has 2 aromatic carbocycles. The summed E-state index contributed by atoms with van der Waals surface area (Å²) in [5.41, 5.74) is -0.0815. The molecule has 14 heteroatoms. The number of ether oxygens (including phenoxy) is 5. The summed E-state index contributed by atoms with van der Waals surface area (Å²) in [4.78, 5) is 17.1. The molecule has 0 spiro atoms. The third kappa shape index (κ3) is 7.79. The second-order valence-electron chi connectivity index (χ2n) is 8.63. The van der Waals surface area contributed by atoms with Crippen LogP contribution in [0.5, 0.6) is 23.1 Å². The number of benzene rings is 2. The summed E-state index contributed by atoms with van der Waals surface area (Å²) < 4.78 is 64.2. The molecule has 39 heavy (non-hydrogen) atoms. The average Bonchev–Trinajstić information content (AvgIpc) is 3.20. The van der Waals surface area contributed by atoms with Crippen molar-refractivity contribution in [3.05, 3.63) is 75.7 Å². The molecular weight excluding hydrogens is 568 g/mol. The fraction of sp³-hybridized carbons (Fsp3) is 0.280. The monoisotopic (exact) mass is 588 g/mol. The van der Waals surface area contributed by atoms with Gasteiger partial charge in [0.1, 0.15) is 30.0 Å². The molecular formula is C25H21Cl2F3N2O7. The van der Waals surface area contributed by atoms with Crippen molar-refractivity contribution in [2.45, 2.75) is 32.1 Å². The number of alkyl halides is 3. The molecule has 0 saturated carbocycles. The third-order valence-corrected chi connectivity index (χ3v) is 5.86. The number of hydrogen-bond donors (Lipinski definition) is 1. The van der Waals surface area contributed by atoms with Crippen LogP contribution in [-0.2, 0) is 9.47 Å². The van der Waals surface area contributed by atoms with E-state index in [2.05, 4.69) is 9.73 Å². The van der Waals surface area contributed by atoms with E-state index in [1.165, 1.54) is 42.6 Å². The molecule has 4 rings (SSSR count). The van der Waals surface area contributed by atoms with E-state index in [1.54, 1.807) is 13.8 Å². The first kappa shape index (κ1) is 28.6.